The summed E-state index contributed by atoms with van der Waals surface area (Å²) in [4.78, 5) is 6.63. The molecule has 1 saturated carbocycles. The van der Waals surface area contributed by atoms with Gasteiger partial charge in [-0.05, 0) is 25.8 Å². The second-order valence-corrected chi connectivity index (χ2v) is 5.30. The number of pyridine rings is 1. The van der Waals surface area contributed by atoms with Gasteiger partial charge < -0.3 is 15.1 Å². The lowest BCUT2D eigenvalue weighted by molar-refractivity contribution is 0.198. The number of hydrogen-bond donors (Lipinski definition) is 2. The second kappa shape index (κ2) is 6.87. The highest BCUT2D eigenvalue weighted by molar-refractivity contribution is 5.48. The molecule has 4 heteroatoms. The van der Waals surface area contributed by atoms with Gasteiger partial charge in [0.2, 0.25) is 0 Å². The van der Waals surface area contributed by atoms with Gasteiger partial charge in [0.25, 0.3) is 0 Å². The van der Waals surface area contributed by atoms with E-state index < -0.39 is 6.10 Å². The van der Waals surface area contributed by atoms with Gasteiger partial charge in [0, 0.05) is 24.3 Å². The van der Waals surface area contributed by atoms with Crippen molar-refractivity contribution in [1.29, 1.82) is 0 Å². The lowest BCUT2D eigenvalue weighted by atomic mass is 9.93. The van der Waals surface area contributed by atoms with Crippen molar-refractivity contribution in [1.82, 2.24) is 4.98 Å². The normalized spacial score (nSPS) is 18.3. The standard InChI is InChI=1S/C15H24N2O2/c1-12(19)14-8-5-9-16-15(14)17(10-11-18)13-6-3-2-4-7-13/h5,8-9,12-13,18-19H,2-4,6-7,10-11H2,1H3/t12-/m1/s1. The predicted molar refractivity (Wildman–Crippen MR) is 76.2 cm³/mol. The van der Waals surface area contributed by atoms with E-state index in [1.807, 2.05) is 12.1 Å². The zero-order valence-electron chi connectivity index (χ0n) is 11.6. The number of hydrogen-bond acceptors (Lipinski definition) is 4. The van der Waals surface area contributed by atoms with Gasteiger partial charge in [0.15, 0.2) is 0 Å². The molecular weight excluding hydrogens is 240 g/mol. The van der Waals surface area contributed by atoms with Crippen molar-refractivity contribution in [2.45, 2.75) is 51.2 Å². The molecule has 1 atom stereocenters. The molecule has 0 unspecified atom stereocenters. The number of rotatable bonds is 5. The van der Waals surface area contributed by atoms with Crippen LogP contribution in [-0.4, -0.2) is 34.4 Å². The van der Waals surface area contributed by atoms with Crippen molar-refractivity contribution in [3.8, 4) is 0 Å². The summed E-state index contributed by atoms with van der Waals surface area (Å²) < 4.78 is 0. The van der Waals surface area contributed by atoms with Crippen molar-refractivity contribution in [2.75, 3.05) is 18.1 Å². The molecule has 0 aromatic carbocycles. The third kappa shape index (κ3) is 3.45. The first-order chi connectivity index (χ1) is 9.24. The van der Waals surface area contributed by atoms with E-state index in [0.29, 0.717) is 12.6 Å². The number of nitrogens with zero attached hydrogens (tertiary/aromatic N) is 2. The molecule has 2 rings (SSSR count). The number of anilines is 1. The summed E-state index contributed by atoms with van der Waals surface area (Å²) in [5.74, 6) is 0.832. The van der Waals surface area contributed by atoms with Crippen LogP contribution in [0.4, 0.5) is 5.82 Å². The zero-order chi connectivity index (χ0) is 13.7. The van der Waals surface area contributed by atoms with Crippen LogP contribution >= 0.6 is 0 Å². The summed E-state index contributed by atoms with van der Waals surface area (Å²) in [6.07, 6.45) is 7.30. The Labute approximate surface area is 115 Å². The van der Waals surface area contributed by atoms with Crippen LogP contribution in [0, 0.1) is 0 Å². The molecule has 1 aliphatic carbocycles. The average molecular weight is 264 g/mol. The smallest absolute Gasteiger partial charge is 0.134 e. The van der Waals surface area contributed by atoms with E-state index in [1.165, 1.54) is 19.3 Å². The van der Waals surface area contributed by atoms with Gasteiger partial charge in [-0.1, -0.05) is 25.3 Å². The number of aliphatic hydroxyl groups excluding tert-OH is 2. The Morgan fingerprint density at radius 3 is 2.74 bits per heavy atom. The number of aliphatic hydroxyl groups is 2. The van der Waals surface area contributed by atoms with Gasteiger partial charge >= 0.3 is 0 Å². The minimum absolute atomic E-state index is 0.117. The van der Waals surface area contributed by atoms with Crippen molar-refractivity contribution < 1.29 is 10.2 Å². The van der Waals surface area contributed by atoms with E-state index in [4.69, 9.17) is 0 Å². The third-order valence-electron chi connectivity index (χ3n) is 3.90. The summed E-state index contributed by atoms with van der Waals surface area (Å²) in [6.45, 7) is 2.46. The molecule has 0 spiro atoms. The van der Waals surface area contributed by atoms with Gasteiger partial charge in [-0.3, -0.25) is 0 Å². The van der Waals surface area contributed by atoms with Crippen molar-refractivity contribution >= 4 is 5.82 Å². The van der Waals surface area contributed by atoms with Crippen LogP contribution in [0.3, 0.4) is 0 Å². The monoisotopic (exact) mass is 264 g/mol. The molecule has 1 heterocycles. The van der Waals surface area contributed by atoms with Gasteiger partial charge in [0.05, 0.1) is 12.7 Å². The minimum Gasteiger partial charge on any atom is -0.395 e. The van der Waals surface area contributed by atoms with Gasteiger partial charge in [-0.2, -0.15) is 0 Å². The first-order valence-electron chi connectivity index (χ1n) is 7.24. The maximum atomic E-state index is 9.89. The highest BCUT2D eigenvalue weighted by Crippen LogP contribution is 2.30. The van der Waals surface area contributed by atoms with E-state index in [9.17, 15) is 10.2 Å². The first-order valence-corrected chi connectivity index (χ1v) is 7.24. The molecule has 0 aliphatic heterocycles. The van der Waals surface area contributed by atoms with E-state index >= 15 is 0 Å². The quantitative estimate of drug-likeness (QED) is 0.856. The Morgan fingerprint density at radius 1 is 1.37 bits per heavy atom. The summed E-state index contributed by atoms with van der Waals surface area (Å²) in [5, 5.41) is 19.2. The lowest BCUT2D eigenvalue weighted by Crippen LogP contribution is -2.40. The molecule has 1 aliphatic rings. The van der Waals surface area contributed by atoms with Crippen LogP contribution in [0.5, 0.6) is 0 Å². The van der Waals surface area contributed by atoms with Crippen LogP contribution in [0.25, 0.3) is 0 Å². The zero-order valence-corrected chi connectivity index (χ0v) is 11.6. The maximum Gasteiger partial charge on any atom is 0.134 e. The molecule has 1 fully saturated rings. The topological polar surface area (TPSA) is 56.6 Å². The molecule has 0 amide bonds. The Morgan fingerprint density at radius 2 is 2.11 bits per heavy atom. The second-order valence-electron chi connectivity index (χ2n) is 5.30. The fourth-order valence-corrected chi connectivity index (χ4v) is 2.94. The van der Waals surface area contributed by atoms with Crippen LogP contribution in [-0.2, 0) is 0 Å². The fourth-order valence-electron chi connectivity index (χ4n) is 2.94. The van der Waals surface area contributed by atoms with E-state index in [2.05, 4.69) is 9.88 Å². The predicted octanol–water partition coefficient (Wildman–Crippen LogP) is 2.27. The van der Waals surface area contributed by atoms with Gasteiger partial charge in [0.1, 0.15) is 5.82 Å². The summed E-state index contributed by atoms with van der Waals surface area (Å²) in [6, 6.07) is 4.21. The molecule has 106 valence electrons. The SMILES string of the molecule is C[C@@H](O)c1cccnc1N(CCO)C1CCCCC1. The summed E-state index contributed by atoms with van der Waals surface area (Å²) in [5.41, 5.74) is 0.849. The van der Waals surface area contributed by atoms with Crippen molar-refractivity contribution in [3.05, 3.63) is 23.9 Å². The van der Waals surface area contributed by atoms with E-state index in [-0.39, 0.29) is 6.61 Å². The van der Waals surface area contributed by atoms with E-state index in [0.717, 1.165) is 24.2 Å². The molecular formula is C15H24N2O2. The summed E-state index contributed by atoms with van der Waals surface area (Å²) >= 11 is 0. The molecule has 19 heavy (non-hydrogen) atoms. The molecule has 0 radical (unpaired) electrons. The molecule has 0 saturated heterocycles. The maximum absolute atomic E-state index is 9.89. The fraction of sp³-hybridized carbons (Fsp3) is 0.667. The molecule has 4 nitrogen and oxygen atoms in total. The van der Waals surface area contributed by atoms with Crippen LogP contribution < -0.4 is 4.90 Å². The Bertz CT molecular complexity index is 389. The van der Waals surface area contributed by atoms with E-state index in [1.54, 1.807) is 13.1 Å². The van der Waals surface area contributed by atoms with Crippen LogP contribution in [0.2, 0.25) is 0 Å². The Balaban J connectivity index is 2.27. The lowest BCUT2D eigenvalue weighted by Gasteiger charge is -2.36. The largest absolute Gasteiger partial charge is 0.395 e. The number of aromatic nitrogens is 1. The first kappa shape index (κ1) is 14.3. The van der Waals surface area contributed by atoms with Crippen LogP contribution in [0.1, 0.15) is 50.7 Å². The highest BCUT2D eigenvalue weighted by atomic mass is 16.3. The van der Waals surface area contributed by atoms with Gasteiger partial charge in [-0.15, -0.1) is 0 Å². The highest BCUT2D eigenvalue weighted by Gasteiger charge is 2.24. The van der Waals surface area contributed by atoms with Gasteiger partial charge in [-0.25, -0.2) is 4.98 Å². The third-order valence-corrected chi connectivity index (χ3v) is 3.90. The summed E-state index contributed by atoms with van der Waals surface area (Å²) in [7, 11) is 0. The molecule has 1 aromatic heterocycles. The Kier molecular flexibility index (Phi) is 5.16. The molecule has 1 aromatic rings. The Hall–Kier alpha value is -1.13. The molecule has 2 N–H and O–H groups in total. The van der Waals surface area contributed by atoms with Crippen molar-refractivity contribution in [3.63, 3.8) is 0 Å². The van der Waals surface area contributed by atoms with Crippen molar-refractivity contribution in [2.24, 2.45) is 0 Å². The average Bonchev–Trinajstić information content (AvgIpc) is 2.45. The minimum atomic E-state index is -0.534. The molecule has 0 bridgehead atoms. The van der Waals surface area contributed by atoms with Crippen LogP contribution in [0.15, 0.2) is 18.3 Å².